The van der Waals surface area contributed by atoms with E-state index in [0.29, 0.717) is 10.8 Å². The fourth-order valence-corrected chi connectivity index (χ4v) is 3.19. The summed E-state index contributed by atoms with van der Waals surface area (Å²) < 4.78 is 8.18. The molecule has 1 fully saturated rings. The molecule has 5 nitrogen and oxygen atoms in total. The zero-order valence-electron chi connectivity index (χ0n) is 11.6. The van der Waals surface area contributed by atoms with Crippen molar-refractivity contribution in [3.05, 3.63) is 22.3 Å². The average Bonchev–Trinajstić information content (AvgIpc) is 3.04. The first-order valence-electron chi connectivity index (χ1n) is 6.70. The Labute approximate surface area is 127 Å². The molecule has 1 N–H and O–H groups in total. The fraction of sp³-hybridized carbons (Fsp3) is 0.538. The second-order valence-electron chi connectivity index (χ2n) is 5.17. The molecule has 3 rings (SSSR count). The van der Waals surface area contributed by atoms with E-state index in [-0.39, 0.29) is 6.10 Å². The summed E-state index contributed by atoms with van der Waals surface area (Å²) in [7, 11) is 0. The molecule has 2 aromatic rings. The largest absolute Gasteiger partial charge is 0.376 e. The number of hydrogen-bond acceptors (Lipinski definition) is 5. The molecule has 0 saturated carbocycles. The van der Waals surface area contributed by atoms with Crippen LogP contribution in [0.1, 0.15) is 13.8 Å². The van der Waals surface area contributed by atoms with Gasteiger partial charge in [-0.25, -0.2) is 4.68 Å². The van der Waals surface area contributed by atoms with Gasteiger partial charge in [0.15, 0.2) is 5.82 Å². The molecule has 0 amide bonds. The molecule has 3 heterocycles. The van der Waals surface area contributed by atoms with Crippen LogP contribution in [-0.2, 0) is 11.4 Å². The smallest absolute Gasteiger partial charge is 0.217 e. The Bertz CT molecular complexity index is 619. The highest BCUT2D eigenvalue weighted by Gasteiger charge is 2.24. The molecule has 0 aromatic carbocycles. The molecule has 1 aliphatic rings. The molecule has 0 aliphatic carbocycles. The van der Waals surface area contributed by atoms with Gasteiger partial charge in [-0.05, 0) is 37.5 Å². The molecule has 0 bridgehead atoms. The Hall–Kier alpha value is -1.02. The summed E-state index contributed by atoms with van der Waals surface area (Å²) in [6.45, 7) is 6.68. The molecule has 108 valence electrons. The van der Waals surface area contributed by atoms with Crippen LogP contribution >= 0.6 is 23.6 Å². The number of aromatic amines is 1. The molecule has 1 aliphatic heterocycles. The lowest BCUT2D eigenvalue weighted by molar-refractivity contribution is -0.0624. The normalized spacial score (nSPS) is 24.1. The van der Waals surface area contributed by atoms with E-state index in [1.165, 1.54) is 0 Å². The molecule has 0 spiro atoms. The van der Waals surface area contributed by atoms with E-state index in [9.17, 15) is 0 Å². The van der Waals surface area contributed by atoms with Gasteiger partial charge in [0.05, 0.1) is 24.3 Å². The minimum absolute atomic E-state index is 0.264. The molecule has 0 unspecified atom stereocenters. The van der Waals surface area contributed by atoms with E-state index in [4.69, 9.17) is 17.0 Å². The summed E-state index contributed by atoms with van der Waals surface area (Å²) in [5.41, 5.74) is 0. The van der Waals surface area contributed by atoms with Crippen LogP contribution in [0.5, 0.6) is 0 Å². The summed E-state index contributed by atoms with van der Waals surface area (Å²) in [6, 6.07) is 4.45. The van der Waals surface area contributed by atoms with Gasteiger partial charge in [0, 0.05) is 12.6 Å². The highest BCUT2D eigenvalue weighted by atomic mass is 32.1. The third kappa shape index (κ3) is 2.85. The fourth-order valence-electron chi connectivity index (χ4n) is 2.33. The van der Waals surface area contributed by atoms with Crippen molar-refractivity contribution in [3.63, 3.8) is 0 Å². The van der Waals surface area contributed by atoms with Crippen LogP contribution in [-0.4, -0.2) is 45.0 Å². The predicted molar refractivity (Wildman–Crippen MR) is 82.3 cm³/mol. The monoisotopic (exact) mass is 310 g/mol. The van der Waals surface area contributed by atoms with Crippen LogP contribution in [0, 0.1) is 4.77 Å². The maximum Gasteiger partial charge on any atom is 0.217 e. The molecular weight excluding hydrogens is 292 g/mol. The number of thiophene rings is 1. The topological polar surface area (TPSA) is 46.1 Å². The van der Waals surface area contributed by atoms with Crippen molar-refractivity contribution in [3.8, 4) is 10.7 Å². The maximum atomic E-state index is 5.65. The van der Waals surface area contributed by atoms with Crippen molar-refractivity contribution in [2.24, 2.45) is 0 Å². The highest BCUT2D eigenvalue weighted by Crippen LogP contribution is 2.21. The minimum Gasteiger partial charge on any atom is -0.376 e. The first-order chi connectivity index (χ1) is 9.63. The SMILES string of the molecule is C[C@@H]1CN(Cn2[nH]c(-c3cccs3)nc2=S)[C@H](C)CO1. The summed E-state index contributed by atoms with van der Waals surface area (Å²) in [4.78, 5) is 7.91. The lowest BCUT2D eigenvalue weighted by atomic mass is 10.2. The summed E-state index contributed by atoms with van der Waals surface area (Å²) >= 11 is 7.01. The molecule has 0 radical (unpaired) electrons. The standard InChI is InChI=1S/C13H18N4OS2/c1-9-7-18-10(2)6-16(9)8-17-13(19)14-12(15-17)11-4-3-5-20-11/h3-5,9-10H,6-8H2,1-2H3,(H,14,15,19)/t9-,10-/m1/s1. The van der Waals surface area contributed by atoms with E-state index in [1.54, 1.807) is 11.3 Å². The minimum atomic E-state index is 0.264. The van der Waals surface area contributed by atoms with Gasteiger partial charge in [-0.3, -0.25) is 10.00 Å². The third-order valence-corrected chi connectivity index (χ3v) is 4.68. The predicted octanol–water partition coefficient (Wildman–Crippen LogP) is 2.74. The summed E-state index contributed by atoms with van der Waals surface area (Å²) in [6.07, 6.45) is 0.264. The van der Waals surface area contributed by atoms with Crippen LogP contribution in [0.25, 0.3) is 10.7 Å². The lowest BCUT2D eigenvalue weighted by Crippen LogP contribution is -2.47. The van der Waals surface area contributed by atoms with Gasteiger partial charge >= 0.3 is 0 Å². The van der Waals surface area contributed by atoms with E-state index in [1.807, 2.05) is 22.2 Å². The molecule has 1 saturated heterocycles. The number of nitrogens with zero attached hydrogens (tertiary/aromatic N) is 3. The number of ether oxygens (including phenoxy) is 1. The Kier molecular flexibility index (Phi) is 4.02. The maximum absolute atomic E-state index is 5.65. The van der Waals surface area contributed by atoms with Gasteiger partial charge in [-0.1, -0.05) is 6.07 Å². The van der Waals surface area contributed by atoms with Gasteiger partial charge in [-0.2, -0.15) is 4.98 Å². The van der Waals surface area contributed by atoms with Crippen molar-refractivity contribution in [2.45, 2.75) is 32.7 Å². The van der Waals surface area contributed by atoms with E-state index >= 15 is 0 Å². The van der Waals surface area contributed by atoms with Gasteiger partial charge < -0.3 is 4.74 Å². The number of morpholine rings is 1. The molecule has 2 aromatic heterocycles. The van der Waals surface area contributed by atoms with E-state index in [0.717, 1.165) is 30.5 Å². The Morgan fingerprint density at radius 1 is 1.55 bits per heavy atom. The van der Waals surface area contributed by atoms with Crippen LogP contribution in [0.15, 0.2) is 17.5 Å². The summed E-state index contributed by atoms with van der Waals surface area (Å²) in [5.74, 6) is 0.846. The molecule has 7 heteroatoms. The number of hydrogen-bond donors (Lipinski definition) is 1. The van der Waals surface area contributed by atoms with Gasteiger partial charge in [0.25, 0.3) is 0 Å². The average molecular weight is 310 g/mol. The Morgan fingerprint density at radius 3 is 3.15 bits per heavy atom. The van der Waals surface area contributed by atoms with E-state index < -0.39 is 0 Å². The zero-order chi connectivity index (χ0) is 14.1. The van der Waals surface area contributed by atoms with Gasteiger partial charge in [0.1, 0.15) is 0 Å². The number of H-pyrrole nitrogens is 1. The second kappa shape index (κ2) is 5.77. The quantitative estimate of drug-likeness (QED) is 0.886. The van der Waals surface area contributed by atoms with Crippen molar-refractivity contribution >= 4 is 23.6 Å². The van der Waals surface area contributed by atoms with Crippen LogP contribution in [0.4, 0.5) is 0 Å². The van der Waals surface area contributed by atoms with Crippen molar-refractivity contribution in [2.75, 3.05) is 13.2 Å². The molecule has 2 atom stereocenters. The van der Waals surface area contributed by atoms with Crippen molar-refractivity contribution in [1.29, 1.82) is 0 Å². The Balaban J connectivity index is 1.79. The highest BCUT2D eigenvalue weighted by molar-refractivity contribution is 7.71. The summed E-state index contributed by atoms with van der Waals surface area (Å²) in [5, 5.41) is 5.33. The number of rotatable bonds is 3. The molecular formula is C13H18N4OS2. The van der Waals surface area contributed by atoms with Crippen LogP contribution in [0.2, 0.25) is 0 Å². The first kappa shape index (κ1) is 13.9. The van der Waals surface area contributed by atoms with Gasteiger partial charge in [-0.15, -0.1) is 11.3 Å². The lowest BCUT2D eigenvalue weighted by Gasteiger charge is -2.36. The van der Waals surface area contributed by atoms with Crippen molar-refractivity contribution in [1.82, 2.24) is 19.7 Å². The van der Waals surface area contributed by atoms with Crippen LogP contribution in [0.3, 0.4) is 0 Å². The van der Waals surface area contributed by atoms with Crippen molar-refractivity contribution < 1.29 is 4.74 Å². The molecule has 20 heavy (non-hydrogen) atoms. The number of aromatic nitrogens is 3. The second-order valence-corrected chi connectivity index (χ2v) is 6.48. The van der Waals surface area contributed by atoms with E-state index in [2.05, 4.69) is 28.8 Å². The third-order valence-electron chi connectivity index (χ3n) is 3.49. The first-order valence-corrected chi connectivity index (χ1v) is 7.98. The van der Waals surface area contributed by atoms with Gasteiger partial charge in [0.2, 0.25) is 4.77 Å². The van der Waals surface area contributed by atoms with Crippen LogP contribution < -0.4 is 0 Å². The Morgan fingerprint density at radius 2 is 2.40 bits per heavy atom. The number of nitrogens with one attached hydrogen (secondary N) is 1. The zero-order valence-corrected chi connectivity index (χ0v) is 13.2.